The summed E-state index contributed by atoms with van der Waals surface area (Å²) in [5.74, 6) is -4.20. The predicted molar refractivity (Wildman–Crippen MR) is 366 cm³/mol. The topological polar surface area (TPSA) is 360 Å². The van der Waals surface area contributed by atoms with E-state index in [-0.39, 0.29) is 147 Å². The first-order chi connectivity index (χ1) is 50.0. The number of amides is 5. The van der Waals surface area contributed by atoms with Crippen molar-refractivity contribution in [1.82, 2.24) is 41.2 Å². The standard InChI is InChI=1S/C74H91N9O20/c1-43-68-51(82-29-32-100-71(95-3)70(82)103-68)39-57(101-43)102-53-41-74(93,40-49-59(53)67(90)61-60(65(49)88)64(87)48-12-8-14-52(94-2)58(48)66(61)89)72(92)77-26-25-75-54(84)18-30-96-33-35-98-37-38-99-36-34-97-31-19-55(85)81-27-22-73(23-28-81)20-15-44(16-21-73)69(91)76-24-17-56(86)83-42-45-9-4-5-10-46(45)62-63(79-80-78-62)47-11-6-7-13-50(47)83/h4-14,43-44,51,53,57,68,70-71,88,90,93H,15-42H2,1-3H3,(H,75,84)(H,76,91)(H,77,92)(H,78,79,80). The summed E-state index contributed by atoms with van der Waals surface area (Å²) in [5.41, 5.74) is 1.31. The van der Waals surface area contributed by atoms with E-state index in [2.05, 4.69) is 36.3 Å². The lowest BCUT2D eigenvalue weighted by atomic mass is 9.65. The van der Waals surface area contributed by atoms with Gasteiger partial charge in [-0.2, -0.15) is 15.4 Å². The van der Waals surface area contributed by atoms with Crippen molar-refractivity contribution in [3.63, 3.8) is 0 Å². The van der Waals surface area contributed by atoms with Gasteiger partial charge in [-0.25, -0.2) is 0 Å². The van der Waals surface area contributed by atoms with E-state index in [0.29, 0.717) is 64.9 Å². The lowest BCUT2D eigenvalue weighted by molar-refractivity contribution is -0.256. The van der Waals surface area contributed by atoms with Crippen molar-refractivity contribution < 1.29 is 96.2 Å². The highest BCUT2D eigenvalue weighted by Gasteiger charge is 2.56. The molecule has 13 rings (SSSR count). The van der Waals surface area contributed by atoms with Crippen molar-refractivity contribution in [1.29, 1.82) is 0 Å². The van der Waals surface area contributed by atoms with E-state index in [0.717, 1.165) is 66.6 Å². The minimum absolute atomic E-state index is 0.0120. The Hall–Kier alpha value is -8.33. The van der Waals surface area contributed by atoms with Crippen molar-refractivity contribution in [2.24, 2.45) is 11.3 Å². The first-order valence-electron chi connectivity index (χ1n) is 35.7. The molecule has 5 aliphatic heterocycles. The van der Waals surface area contributed by atoms with Crippen LogP contribution in [-0.4, -0.2) is 237 Å². The highest BCUT2D eigenvalue weighted by Crippen LogP contribution is 2.54. The normalized spacial score (nSPS) is 24.1. The van der Waals surface area contributed by atoms with E-state index < -0.39 is 89.6 Å². The smallest absolute Gasteiger partial charge is 0.252 e. The van der Waals surface area contributed by atoms with Crippen LogP contribution in [0.5, 0.6) is 17.2 Å². The summed E-state index contributed by atoms with van der Waals surface area (Å²) in [5, 5.41) is 56.6. The number of aromatic nitrogens is 3. The van der Waals surface area contributed by atoms with Crippen LogP contribution in [0.2, 0.25) is 0 Å². The maximum atomic E-state index is 14.3. The van der Waals surface area contributed by atoms with E-state index >= 15 is 0 Å². The highest BCUT2D eigenvalue weighted by molar-refractivity contribution is 6.31. The third kappa shape index (κ3) is 15.5. The molecule has 29 nitrogen and oxygen atoms in total. The number of phenolic OH excluding ortho intramolecular Hbond substituents is 2. The number of hydrogen-bond acceptors (Lipinski definition) is 23. The molecule has 552 valence electrons. The van der Waals surface area contributed by atoms with Gasteiger partial charge in [0, 0.05) is 118 Å². The molecular formula is C74H91N9O20. The van der Waals surface area contributed by atoms with Crippen molar-refractivity contribution in [2.45, 2.75) is 139 Å². The number of para-hydroxylation sites is 1. The number of fused-ring (bicyclic) bond motifs is 11. The molecule has 7 N–H and O–H groups in total. The third-order valence-corrected chi connectivity index (χ3v) is 21.5. The minimum atomic E-state index is -2.31. The fourth-order valence-corrected chi connectivity index (χ4v) is 16.1. The second kappa shape index (κ2) is 32.4. The number of ketones is 2. The number of nitrogens with one attached hydrogen (secondary N) is 4. The molecule has 103 heavy (non-hydrogen) atoms. The third-order valence-electron chi connectivity index (χ3n) is 21.5. The van der Waals surface area contributed by atoms with Gasteiger partial charge in [0.05, 0.1) is 114 Å². The largest absolute Gasteiger partial charge is 0.507 e. The number of hydrogen-bond donors (Lipinski definition) is 7. The number of ether oxygens (including phenoxy) is 10. The Morgan fingerprint density at radius 3 is 2.08 bits per heavy atom. The first-order valence-corrected chi connectivity index (χ1v) is 35.7. The van der Waals surface area contributed by atoms with Crippen LogP contribution in [0.4, 0.5) is 5.69 Å². The highest BCUT2D eigenvalue weighted by atomic mass is 16.7. The molecule has 29 heteroatoms. The number of phenols is 2. The Morgan fingerprint density at radius 1 is 0.689 bits per heavy atom. The van der Waals surface area contributed by atoms with Crippen LogP contribution in [0, 0.1) is 11.3 Å². The number of carbonyl (C=O) groups excluding carboxylic acids is 7. The van der Waals surface area contributed by atoms with Gasteiger partial charge in [0.25, 0.3) is 5.91 Å². The van der Waals surface area contributed by atoms with Gasteiger partial charge in [-0.15, -0.1) is 0 Å². The zero-order valence-electron chi connectivity index (χ0n) is 58.3. The van der Waals surface area contributed by atoms with Crippen LogP contribution in [0.25, 0.3) is 22.5 Å². The van der Waals surface area contributed by atoms with E-state index in [1.165, 1.54) is 32.4 Å². The Kier molecular flexibility index (Phi) is 22.9. The molecule has 8 unspecified atom stereocenters. The van der Waals surface area contributed by atoms with Crippen LogP contribution in [-0.2, 0) is 79.6 Å². The summed E-state index contributed by atoms with van der Waals surface area (Å²) < 4.78 is 58.6. The maximum Gasteiger partial charge on any atom is 0.252 e. The maximum absolute atomic E-state index is 14.3. The summed E-state index contributed by atoms with van der Waals surface area (Å²) in [6, 6.07) is 19.8. The number of carbonyl (C=O) groups is 7. The molecule has 0 bridgehead atoms. The van der Waals surface area contributed by atoms with E-state index in [1.54, 1.807) is 4.90 Å². The SMILES string of the molecule is COc1cccc2c1C(=O)c1c(O)c3c(c(O)c1C2=O)CC(O)(C(=O)NCCNC(=O)CCOCCOCCOCCOCCC(=O)N1CCC2(CCC(C(=O)NCCC(=O)N4Cc5ccccc5-c5n[nH]nc5-c5ccccc54)CC2)CC1)CC3OC1CC2C(OC3C(OC)OCCN23)C(C)O1. The number of nitrogens with zero attached hydrogens (tertiary/aromatic N) is 5. The van der Waals surface area contributed by atoms with E-state index in [1.807, 2.05) is 60.4 Å². The second-order valence-electron chi connectivity index (χ2n) is 27.6. The van der Waals surface area contributed by atoms with Crippen LogP contribution in [0.3, 0.4) is 0 Å². The van der Waals surface area contributed by atoms with Gasteiger partial charge in [0.2, 0.25) is 29.4 Å². The van der Waals surface area contributed by atoms with Gasteiger partial charge < -0.3 is 88.4 Å². The average Bonchev–Trinajstić information content (AvgIpc) is 1.28. The van der Waals surface area contributed by atoms with Gasteiger partial charge in [0.15, 0.2) is 24.6 Å². The van der Waals surface area contributed by atoms with Crippen LogP contribution in [0.1, 0.15) is 132 Å². The summed E-state index contributed by atoms with van der Waals surface area (Å²) in [6.07, 6.45) is 0.387. The second-order valence-corrected chi connectivity index (χ2v) is 27.6. The summed E-state index contributed by atoms with van der Waals surface area (Å²) in [6.45, 7) is 6.74. The summed E-state index contributed by atoms with van der Waals surface area (Å²) in [7, 11) is 2.87. The number of H-pyrrole nitrogens is 1. The molecule has 5 fully saturated rings. The molecule has 8 atom stereocenters. The molecule has 1 saturated carbocycles. The zero-order chi connectivity index (χ0) is 71.9. The minimum Gasteiger partial charge on any atom is -0.507 e. The van der Waals surface area contributed by atoms with Gasteiger partial charge in [-0.05, 0) is 68.6 Å². The lowest BCUT2D eigenvalue weighted by Gasteiger charge is -2.45. The number of anilines is 1. The lowest BCUT2D eigenvalue weighted by Crippen LogP contribution is -2.55. The molecule has 6 heterocycles. The predicted octanol–water partition coefficient (Wildman–Crippen LogP) is 4.53. The van der Waals surface area contributed by atoms with Crippen molar-refractivity contribution >= 4 is 46.8 Å². The van der Waals surface area contributed by atoms with Gasteiger partial charge >= 0.3 is 0 Å². The zero-order valence-corrected chi connectivity index (χ0v) is 58.3. The molecule has 5 aromatic rings. The fourth-order valence-electron chi connectivity index (χ4n) is 16.1. The number of aromatic hydroxyl groups is 2. The molecule has 1 spiro atoms. The Labute approximate surface area is 595 Å². The van der Waals surface area contributed by atoms with Gasteiger partial charge in [-0.3, -0.25) is 38.5 Å². The van der Waals surface area contributed by atoms with Crippen molar-refractivity contribution in [3.8, 4) is 39.8 Å². The molecule has 8 aliphatic rings. The number of piperidine rings is 1. The number of benzene rings is 4. The van der Waals surface area contributed by atoms with Crippen molar-refractivity contribution in [2.75, 3.05) is 118 Å². The number of likely N-dealkylation sites (tertiary alicyclic amines) is 1. The number of aliphatic hydroxyl groups is 1. The average molecular weight is 1430 g/mol. The summed E-state index contributed by atoms with van der Waals surface area (Å²) >= 11 is 0. The monoisotopic (exact) mass is 1430 g/mol. The van der Waals surface area contributed by atoms with Crippen LogP contribution < -0.4 is 25.6 Å². The Morgan fingerprint density at radius 2 is 1.35 bits per heavy atom. The number of morpholine rings is 1. The molecule has 0 radical (unpaired) electrons. The Bertz CT molecular complexity index is 3950. The summed E-state index contributed by atoms with van der Waals surface area (Å²) in [4.78, 5) is 102. The Balaban J connectivity index is 0.474. The molecule has 4 aromatic carbocycles. The number of methoxy groups -OCH3 is 2. The van der Waals surface area contributed by atoms with Gasteiger partial charge in [-0.1, -0.05) is 54.6 Å². The van der Waals surface area contributed by atoms with E-state index in [9.17, 15) is 48.9 Å². The molecule has 1 aromatic heterocycles. The van der Waals surface area contributed by atoms with Crippen LogP contribution in [0.15, 0.2) is 66.7 Å². The van der Waals surface area contributed by atoms with Gasteiger partial charge in [0.1, 0.15) is 40.3 Å². The molecular weight excluding hydrogens is 1330 g/mol. The van der Waals surface area contributed by atoms with E-state index in [4.69, 9.17) is 47.4 Å². The molecule has 5 amide bonds. The molecule has 3 aliphatic carbocycles. The number of rotatable bonds is 27. The fraction of sp³-hybridized carbons (Fsp3) is 0.554. The first kappa shape index (κ1) is 73.0. The van der Waals surface area contributed by atoms with Crippen LogP contribution >= 0.6 is 0 Å². The molecule has 4 saturated heterocycles. The number of aromatic amines is 1. The van der Waals surface area contributed by atoms with Crippen molar-refractivity contribution in [3.05, 3.63) is 106 Å². The quantitative estimate of drug-likeness (QED) is 0.0275.